The Morgan fingerprint density at radius 3 is 2.84 bits per heavy atom. The molecule has 4 atom stereocenters. The van der Waals surface area contributed by atoms with E-state index >= 15 is 0 Å². The summed E-state index contributed by atoms with van der Waals surface area (Å²) >= 11 is 0. The van der Waals surface area contributed by atoms with Gasteiger partial charge >= 0.3 is 11.9 Å². The van der Waals surface area contributed by atoms with Crippen molar-refractivity contribution in [2.75, 3.05) is 6.61 Å². The van der Waals surface area contributed by atoms with Crippen molar-refractivity contribution < 1.29 is 23.5 Å². The van der Waals surface area contributed by atoms with Crippen molar-refractivity contribution in [3.05, 3.63) is 70.2 Å². The first-order chi connectivity index (χ1) is 12.1. The second-order valence-corrected chi connectivity index (χ2v) is 7.23. The lowest BCUT2D eigenvalue weighted by Crippen LogP contribution is -2.36. The van der Waals surface area contributed by atoms with E-state index in [2.05, 4.69) is 6.08 Å². The number of benzene rings is 1. The number of ether oxygens (including phenoxy) is 2. The minimum atomic E-state index is -0.558. The standard InChI is InChI=1S/C20H14O5/c1-9-15-11(14-8-24-19(22)20(14)4-2-13(15)20)6-12-16(9)17(25-18(12)21)10-3-5-23-7-10/h2-7,13-14,17H,8H2,1H3/t13-,14-,17+,20+/m1/s1. The molecule has 3 heterocycles. The van der Waals surface area contributed by atoms with Crippen molar-refractivity contribution in [2.45, 2.75) is 24.9 Å². The largest absolute Gasteiger partial charge is 0.472 e. The zero-order valence-corrected chi connectivity index (χ0v) is 13.4. The van der Waals surface area contributed by atoms with Crippen molar-refractivity contribution in [1.82, 2.24) is 0 Å². The first kappa shape index (κ1) is 13.5. The van der Waals surface area contributed by atoms with Crippen molar-refractivity contribution in [3.63, 3.8) is 0 Å². The van der Waals surface area contributed by atoms with Crippen LogP contribution < -0.4 is 0 Å². The summed E-state index contributed by atoms with van der Waals surface area (Å²) in [6.45, 7) is 2.41. The summed E-state index contributed by atoms with van der Waals surface area (Å²) in [7, 11) is 0. The number of carbonyl (C=O) groups excluding carboxylic acids is 2. The molecule has 0 bridgehead atoms. The van der Waals surface area contributed by atoms with Gasteiger partial charge in [-0.2, -0.15) is 0 Å². The Bertz CT molecular complexity index is 1000. The number of esters is 2. The van der Waals surface area contributed by atoms with Crippen LogP contribution in [0.3, 0.4) is 0 Å². The lowest BCUT2D eigenvalue weighted by molar-refractivity contribution is -0.145. The zero-order chi connectivity index (χ0) is 16.9. The number of allylic oxidation sites excluding steroid dienone is 1. The fourth-order valence-electron chi connectivity index (χ4n) is 5.14. The summed E-state index contributed by atoms with van der Waals surface area (Å²) in [6.07, 6.45) is 6.80. The number of hydrogen-bond acceptors (Lipinski definition) is 5. The molecular weight excluding hydrogens is 320 g/mol. The Hall–Kier alpha value is -2.82. The molecule has 2 aliphatic heterocycles. The van der Waals surface area contributed by atoms with Gasteiger partial charge in [0.2, 0.25) is 0 Å². The van der Waals surface area contributed by atoms with Gasteiger partial charge in [0.1, 0.15) is 5.41 Å². The van der Waals surface area contributed by atoms with Crippen LogP contribution in [-0.2, 0) is 14.3 Å². The van der Waals surface area contributed by atoms with Gasteiger partial charge in [-0.1, -0.05) is 12.2 Å². The molecule has 5 nitrogen and oxygen atoms in total. The third-order valence-electron chi connectivity index (χ3n) is 6.34. The van der Waals surface area contributed by atoms with Gasteiger partial charge in [0.15, 0.2) is 6.10 Å². The van der Waals surface area contributed by atoms with Gasteiger partial charge < -0.3 is 13.9 Å². The monoisotopic (exact) mass is 334 g/mol. The smallest absolute Gasteiger partial charge is 0.339 e. The molecule has 0 radical (unpaired) electrons. The maximum absolute atomic E-state index is 12.5. The number of hydrogen-bond donors (Lipinski definition) is 0. The molecule has 1 aromatic carbocycles. The summed E-state index contributed by atoms with van der Waals surface area (Å²) in [5.41, 5.74) is 5.02. The maximum atomic E-state index is 12.5. The van der Waals surface area contributed by atoms with Crippen LogP contribution in [0.15, 0.2) is 41.2 Å². The predicted molar refractivity (Wildman–Crippen MR) is 85.2 cm³/mol. The fourth-order valence-corrected chi connectivity index (χ4v) is 5.14. The van der Waals surface area contributed by atoms with Crippen LogP contribution in [0.2, 0.25) is 0 Å². The van der Waals surface area contributed by atoms with Crippen molar-refractivity contribution in [3.8, 4) is 0 Å². The van der Waals surface area contributed by atoms with E-state index in [0.29, 0.717) is 12.2 Å². The highest BCUT2D eigenvalue weighted by molar-refractivity contribution is 5.97. The van der Waals surface area contributed by atoms with E-state index in [1.165, 1.54) is 0 Å². The Labute approximate surface area is 143 Å². The molecule has 2 aromatic rings. The van der Waals surface area contributed by atoms with Gasteiger partial charge in [-0.15, -0.1) is 0 Å². The summed E-state index contributed by atoms with van der Waals surface area (Å²) < 4.78 is 16.1. The average molecular weight is 334 g/mol. The van der Waals surface area contributed by atoms with Gasteiger partial charge in [0, 0.05) is 23.0 Å². The lowest BCUT2D eigenvalue weighted by atomic mass is 9.64. The van der Waals surface area contributed by atoms with E-state index in [9.17, 15) is 9.59 Å². The molecule has 2 aliphatic carbocycles. The van der Waals surface area contributed by atoms with Crippen molar-refractivity contribution in [1.29, 1.82) is 0 Å². The quantitative estimate of drug-likeness (QED) is 0.592. The summed E-state index contributed by atoms with van der Waals surface area (Å²) in [6, 6.07) is 3.74. The van der Waals surface area contributed by atoms with E-state index in [0.717, 1.165) is 27.8 Å². The number of cyclic esters (lactones) is 2. The van der Waals surface area contributed by atoms with E-state index in [1.807, 2.05) is 25.1 Å². The van der Waals surface area contributed by atoms with Crippen LogP contribution in [0.4, 0.5) is 0 Å². The highest BCUT2D eigenvalue weighted by Gasteiger charge is 2.65. The van der Waals surface area contributed by atoms with Gasteiger partial charge in [-0.25, -0.2) is 4.79 Å². The third-order valence-corrected chi connectivity index (χ3v) is 6.34. The second-order valence-electron chi connectivity index (χ2n) is 7.23. The molecule has 0 N–H and O–H groups in total. The number of fused-ring (bicyclic) bond motifs is 4. The van der Waals surface area contributed by atoms with E-state index in [-0.39, 0.29) is 23.8 Å². The van der Waals surface area contributed by atoms with Crippen LogP contribution >= 0.6 is 0 Å². The summed E-state index contributed by atoms with van der Waals surface area (Å²) in [4.78, 5) is 24.9. The fraction of sp³-hybridized carbons (Fsp3) is 0.300. The van der Waals surface area contributed by atoms with Crippen LogP contribution in [0.25, 0.3) is 0 Å². The van der Waals surface area contributed by atoms with Gasteiger partial charge in [0.25, 0.3) is 0 Å². The topological polar surface area (TPSA) is 65.7 Å². The molecule has 0 amide bonds. The lowest BCUT2D eigenvalue weighted by Gasteiger charge is -2.34. The molecule has 5 heteroatoms. The molecule has 0 unspecified atom stereocenters. The van der Waals surface area contributed by atoms with Crippen LogP contribution in [0, 0.1) is 12.3 Å². The molecule has 6 rings (SSSR count). The molecule has 124 valence electrons. The maximum Gasteiger partial charge on any atom is 0.339 e. The van der Waals surface area contributed by atoms with Gasteiger partial charge in [-0.3, -0.25) is 4.79 Å². The van der Waals surface area contributed by atoms with Crippen LogP contribution in [0.1, 0.15) is 56.1 Å². The normalized spacial score (nSPS) is 33.2. The second kappa shape index (κ2) is 4.04. The van der Waals surface area contributed by atoms with E-state index in [1.54, 1.807) is 12.5 Å². The Kier molecular flexibility index (Phi) is 2.18. The molecule has 1 saturated heterocycles. The van der Waals surface area contributed by atoms with E-state index < -0.39 is 11.5 Å². The molecule has 4 aliphatic rings. The minimum Gasteiger partial charge on any atom is -0.472 e. The van der Waals surface area contributed by atoms with Gasteiger partial charge in [0.05, 0.1) is 24.7 Å². The highest BCUT2D eigenvalue weighted by atomic mass is 16.6. The highest BCUT2D eigenvalue weighted by Crippen LogP contribution is 2.66. The van der Waals surface area contributed by atoms with E-state index in [4.69, 9.17) is 13.9 Å². The average Bonchev–Trinajstić information content (AvgIpc) is 3.29. The SMILES string of the molecule is Cc1c2c(cc3c1[C@H]1C=C[C@]14C(=O)OC[C@H]34)C(=O)O[C@H]2c1ccoc1. The third kappa shape index (κ3) is 1.31. The molecule has 1 spiro atoms. The first-order valence-electron chi connectivity index (χ1n) is 8.40. The zero-order valence-electron chi connectivity index (χ0n) is 13.4. The molecule has 1 fully saturated rings. The molecule has 25 heavy (non-hydrogen) atoms. The number of rotatable bonds is 1. The van der Waals surface area contributed by atoms with Crippen LogP contribution in [-0.4, -0.2) is 18.5 Å². The molecular formula is C20H14O5. The minimum absolute atomic E-state index is 0.00484. The Morgan fingerprint density at radius 1 is 1.24 bits per heavy atom. The van der Waals surface area contributed by atoms with Gasteiger partial charge in [-0.05, 0) is 35.7 Å². The Morgan fingerprint density at radius 2 is 2.12 bits per heavy atom. The molecule has 0 saturated carbocycles. The predicted octanol–water partition coefficient (Wildman–Crippen LogP) is 3.14. The van der Waals surface area contributed by atoms with Crippen LogP contribution in [0.5, 0.6) is 0 Å². The number of furan rings is 1. The summed E-state index contributed by atoms with van der Waals surface area (Å²) in [5.74, 6) is -0.434. The summed E-state index contributed by atoms with van der Waals surface area (Å²) in [5, 5.41) is 0. The Balaban J connectivity index is 1.61. The van der Waals surface area contributed by atoms with Crippen molar-refractivity contribution >= 4 is 11.9 Å². The first-order valence-corrected chi connectivity index (χ1v) is 8.40. The van der Waals surface area contributed by atoms with Crippen molar-refractivity contribution in [2.24, 2.45) is 5.41 Å². The molecule has 1 aromatic heterocycles. The number of carbonyl (C=O) groups is 2.